The number of rotatable bonds is 5. The van der Waals surface area contributed by atoms with Crippen LogP contribution in [0.5, 0.6) is 0 Å². The van der Waals surface area contributed by atoms with Crippen LogP contribution in [-0.2, 0) is 9.59 Å². The molecule has 0 aromatic heterocycles. The Morgan fingerprint density at radius 3 is 2.52 bits per heavy atom. The molecule has 1 heterocycles. The number of likely N-dealkylation sites (tertiary alicyclic amines) is 1. The number of hydrogen-bond acceptors (Lipinski definition) is 2. The van der Waals surface area contributed by atoms with Crippen LogP contribution in [-0.4, -0.2) is 35.8 Å². The first-order chi connectivity index (χ1) is 10.2. The third-order valence-electron chi connectivity index (χ3n) is 4.82. The van der Waals surface area contributed by atoms with E-state index in [1.165, 1.54) is 32.1 Å². The van der Waals surface area contributed by atoms with E-state index >= 15 is 0 Å². The lowest BCUT2D eigenvalue weighted by Gasteiger charge is -2.23. The number of carbonyl (C=O) groups excluding carboxylic acids is 2. The molecular formula is C17H30N2O2. The monoisotopic (exact) mass is 294 g/mol. The molecule has 0 spiro atoms. The highest BCUT2D eigenvalue weighted by Gasteiger charge is 2.34. The molecule has 1 saturated heterocycles. The van der Waals surface area contributed by atoms with Gasteiger partial charge in [0.25, 0.3) is 0 Å². The van der Waals surface area contributed by atoms with Gasteiger partial charge in [0.05, 0.1) is 5.92 Å². The Morgan fingerprint density at radius 1 is 1.19 bits per heavy atom. The summed E-state index contributed by atoms with van der Waals surface area (Å²) < 4.78 is 0. The molecule has 1 aliphatic carbocycles. The van der Waals surface area contributed by atoms with Crippen molar-refractivity contribution < 1.29 is 9.59 Å². The van der Waals surface area contributed by atoms with Crippen molar-refractivity contribution in [1.29, 1.82) is 0 Å². The van der Waals surface area contributed by atoms with Crippen LogP contribution in [0, 0.1) is 5.92 Å². The van der Waals surface area contributed by atoms with Gasteiger partial charge in [-0.15, -0.1) is 0 Å². The Morgan fingerprint density at radius 2 is 1.86 bits per heavy atom. The molecule has 1 atom stereocenters. The van der Waals surface area contributed by atoms with Gasteiger partial charge in [0.2, 0.25) is 11.8 Å². The molecule has 2 fully saturated rings. The van der Waals surface area contributed by atoms with Gasteiger partial charge in [-0.2, -0.15) is 0 Å². The first-order valence-electron chi connectivity index (χ1n) is 8.79. The number of carbonyl (C=O) groups is 2. The van der Waals surface area contributed by atoms with Crippen LogP contribution in [0.1, 0.15) is 71.1 Å². The van der Waals surface area contributed by atoms with Crippen molar-refractivity contribution in [3.63, 3.8) is 0 Å². The molecule has 4 nitrogen and oxygen atoms in total. The van der Waals surface area contributed by atoms with Gasteiger partial charge in [0, 0.05) is 25.6 Å². The number of nitrogens with zero attached hydrogens (tertiary/aromatic N) is 1. The second-order valence-electron chi connectivity index (χ2n) is 6.64. The van der Waals surface area contributed by atoms with Gasteiger partial charge in [0.1, 0.15) is 0 Å². The first-order valence-corrected chi connectivity index (χ1v) is 8.79. The summed E-state index contributed by atoms with van der Waals surface area (Å²) in [5, 5.41) is 3.21. The first kappa shape index (κ1) is 16.3. The van der Waals surface area contributed by atoms with E-state index < -0.39 is 0 Å². The lowest BCUT2D eigenvalue weighted by atomic mass is 9.96. The van der Waals surface area contributed by atoms with Crippen LogP contribution >= 0.6 is 0 Å². The summed E-state index contributed by atoms with van der Waals surface area (Å²) in [5.41, 5.74) is 0. The normalized spacial score (nSPS) is 24.7. The van der Waals surface area contributed by atoms with E-state index in [1.54, 1.807) is 0 Å². The summed E-state index contributed by atoms with van der Waals surface area (Å²) in [6, 6.07) is 0.331. The molecular weight excluding hydrogens is 264 g/mol. The zero-order chi connectivity index (χ0) is 15.1. The van der Waals surface area contributed by atoms with E-state index in [1.807, 2.05) is 4.90 Å². The third kappa shape index (κ3) is 5.01. The Kier molecular flexibility index (Phi) is 6.52. The zero-order valence-corrected chi connectivity index (χ0v) is 13.4. The average molecular weight is 294 g/mol. The maximum Gasteiger partial charge on any atom is 0.225 e. The minimum Gasteiger partial charge on any atom is -0.353 e. The molecule has 2 aliphatic rings. The predicted molar refractivity (Wildman–Crippen MR) is 83.8 cm³/mol. The lowest BCUT2D eigenvalue weighted by molar-refractivity contribution is -0.129. The summed E-state index contributed by atoms with van der Waals surface area (Å²) in [6.45, 7) is 3.55. The summed E-state index contributed by atoms with van der Waals surface area (Å²) in [5.74, 6) is 0.133. The minimum atomic E-state index is -0.125. The van der Waals surface area contributed by atoms with Gasteiger partial charge >= 0.3 is 0 Å². The second-order valence-corrected chi connectivity index (χ2v) is 6.64. The van der Waals surface area contributed by atoms with Crippen molar-refractivity contribution >= 4 is 11.8 Å². The Bertz CT molecular complexity index is 349. The smallest absolute Gasteiger partial charge is 0.225 e. The van der Waals surface area contributed by atoms with Gasteiger partial charge in [-0.1, -0.05) is 45.4 Å². The molecule has 1 aliphatic heterocycles. The molecule has 0 radical (unpaired) electrons. The molecule has 2 rings (SSSR count). The number of unbranched alkanes of at least 4 members (excludes halogenated alkanes) is 1. The summed E-state index contributed by atoms with van der Waals surface area (Å²) in [7, 11) is 0. The zero-order valence-electron chi connectivity index (χ0n) is 13.4. The molecule has 120 valence electrons. The van der Waals surface area contributed by atoms with Gasteiger partial charge in [-0.3, -0.25) is 9.59 Å². The summed E-state index contributed by atoms with van der Waals surface area (Å²) in [6.07, 6.45) is 11.1. The standard InChI is InChI=1S/C17H30N2O2/c1-2-3-11-19-13-14(12-16(19)20)17(21)18-15-9-7-5-4-6-8-10-15/h14-15H,2-13H2,1H3,(H,18,21)/t14-/m0/s1. The maximum absolute atomic E-state index is 12.4. The highest BCUT2D eigenvalue weighted by Crippen LogP contribution is 2.21. The van der Waals surface area contributed by atoms with Gasteiger partial charge < -0.3 is 10.2 Å². The van der Waals surface area contributed by atoms with Crippen LogP contribution in [0.2, 0.25) is 0 Å². The van der Waals surface area contributed by atoms with E-state index in [0.29, 0.717) is 19.0 Å². The van der Waals surface area contributed by atoms with Gasteiger partial charge in [-0.05, 0) is 19.3 Å². The van der Waals surface area contributed by atoms with E-state index in [9.17, 15) is 9.59 Å². The number of hydrogen-bond donors (Lipinski definition) is 1. The summed E-state index contributed by atoms with van der Waals surface area (Å²) >= 11 is 0. The molecule has 0 bridgehead atoms. The van der Waals surface area contributed by atoms with Crippen LogP contribution in [0.15, 0.2) is 0 Å². The SMILES string of the molecule is CCCCN1C[C@@H](C(=O)NC2CCCCCCC2)CC1=O. The largest absolute Gasteiger partial charge is 0.353 e. The number of amides is 2. The molecule has 0 unspecified atom stereocenters. The van der Waals surface area contributed by atoms with Crippen molar-refractivity contribution in [3.8, 4) is 0 Å². The Balaban J connectivity index is 1.78. The van der Waals surface area contributed by atoms with E-state index in [-0.39, 0.29) is 17.7 Å². The third-order valence-corrected chi connectivity index (χ3v) is 4.82. The van der Waals surface area contributed by atoms with E-state index in [2.05, 4.69) is 12.2 Å². The van der Waals surface area contributed by atoms with Gasteiger partial charge in [-0.25, -0.2) is 0 Å². The average Bonchev–Trinajstić information content (AvgIpc) is 2.80. The maximum atomic E-state index is 12.4. The Labute approximate surface area is 128 Å². The minimum absolute atomic E-state index is 0.105. The molecule has 2 amide bonds. The molecule has 4 heteroatoms. The predicted octanol–water partition coefficient (Wildman–Crippen LogP) is 2.86. The van der Waals surface area contributed by atoms with E-state index in [0.717, 1.165) is 32.2 Å². The van der Waals surface area contributed by atoms with Crippen molar-refractivity contribution in [3.05, 3.63) is 0 Å². The van der Waals surface area contributed by atoms with Crippen LogP contribution < -0.4 is 5.32 Å². The second kappa shape index (κ2) is 8.40. The topological polar surface area (TPSA) is 49.4 Å². The van der Waals surface area contributed by atoms with Crippen molar-refractivity contribution in [2.75, 3.05) is 13.1 Å². The quantitative estimate of drug-likeness (QED) is 0.847. The highest BCUT2D eigenvalue weighted by molar-refractivity contribution is 5.89. The van der Waals surface area contributed by atoms with Crippen molar-refractivity contribution in [2.24, 2.45) is 5.92 Å². The Hall–Kier alpha value is -1.06. The molecule has 21 heavy (non-hydrogen) atoms. The van der Waals surface area contributed by atoms with Crippen LogP contribution in [0.4, 0.5) is 0 Å². The van der Waals surface area contributed by atoms with Crippen LogP contribution in [0.25, 0.3) is 0 Å². The fraction of sp³-hybridized carbons (Fsp3) is 0.882. The van der Waals surface area contributed by atoms with Crippen LogP contribution in [0.3, 0.4) is 0 Å². The fourth-order valence-corrected chi connectivity index (χ4v) is 3.43. The molecule has 0 aromatic carbocycles. The lowest BCUT2D eigenvalue weighted by Crippen LogP contribution is -2.40. The molecule has 1 N–H and O–H groups in total. The van der Waals surface area contributed by atoms with Gasteiger partial charge in [0.15, 0.2) is 0 Å². The summed E-state index contributed by atoms with van der Waals surface area (Å²) in [4.78, 5) is 26.2. The molecule has 1 saturated carbocycles. The molecule has 0 aromatic rings. The van der Waals surface area contributed by atoms with E-state index in [4.69, 9.17) is 0 Å². The van der Waals surface area contributed by atoms with Crippen molar-refractivity contribution in [2.45, 2.75) is 77.2 Å². The van der Waals surface area contributed by atoms with Crippen molar-refractivity contribution in [1.82, 2.24) is 10.2 Å². The highest BCUT2D eigenvalue weighted by atomic mass is 16.2. The fourth-order valence-electron chi connectivity index (χ4n) is 3.43. The number of nitrogens with one attached hydrogen (secondary N) is 1.